The normalized spacial score (nSPS) is 18.7. The van der Waals surface area contributed by atoms with E-state index in [0.717, 1.165) is 0 Å². The van der Waals surface area contributed by atoms with E-state index in [9.17, 15) is 14.7 Å². The second kappa shape index (κ2) is 6.30. The van der Waals surface area contributed by atoms with Crippen LogP contribution >= 0.6 is 0 Å². The molecule has 0 aliphatic rings. The average Bonchev–Trinajstić information content (AvgIpc) is 2.22. The van der Waals surface area contributed by atoms with Crippen LogP contribution in [0.25, 0.3) is 0 Å². The standard InChI is InChI=1S/C7H12O8/c8-1-3(10)5(11)6(12)4(2-9)15-7(13)14/h2-6,8,10-12H,1H2,(H,13,14)/t3-,4+,5-,6-/m1/s1. The van der Waals surface area contributed by atoms with Crippen molar-refractivity contribution in [3.8, 4) is 0 Å². The zero-order valence-electron chi connectivity index (χ0n) is 7.55. The van der Waals surface area contributed by atoms with Gasteiger partial charge in [0, 0.05) is 0 Å². The number of hydrogen-bond donors (Lipinski definition) is 5. The number of ether oxygens (including phenoxy) is 1. The third-order valence-electron chi connectivity index (χ3n) is 1.64. The number of aliphatic hydroxyl groups is 4. The summed E-state index contributed by atoms with van der Waals surface area (Å²) >= 11 is 0. The molecular weight excluding hydrogens is 212 g/mol. The van der Waals surface area contributed by atoms with E-state index in [1.807, 2.05) is 0 Å². The predicted molar refractivity (Wildman–Crippen MR) is 44.1 cm³/mol. The molecule has 8 nitrogen and oxygen atoms in total. The topological polar surface area (TPSA) is 145 Å². The van der Waals surface area contributed by atoms with Crippen molar-refractivity contribution >= 4 is 12.4 Å². The second-order valence-electron chi connectivity index (χ2n) is 2.72. The Bertz CT molecular complexity index is 217. The molecule has 5 N–H and O–H groups in total. The van der Waals surface area contributed by atoms with Crippen LogP contribution in [-0.4, -0.2) is 69.0 Å². The van der Waals surface area contributed by atoms with Gasteiger partial charge in [-0.3, -0.25) is 4.79 Å². The molecule has 0 aliphatic heterocycles. The van der Waals surface area contributed by atoms with Gasteiger partial charge in [-0.1, -0.05) is 0 Å². The summed E-state index contributed by atoms with van der Waals surface area (Å²) in [5, 5.41) is 43.8. The van der Waals surface area contributed by atoms with Crippen LogP contribution in [-0.2, 0) is 9.53 Å². The summed E-state index contributed by atoms with van der Waals surface area (Å²) < 4.78 is 3.92. The highest BCUT2D eigenvalue weighted by atomic mass is 16.7. The van der Waals surface area contributed by atoms with Gasteiger partial charge in [0.15, 0.2) is 12.4 Å². The van der Waals surface area contributed by atoms with Gasteiger partial charge in [0.1, 0.15) is 18.3 Å². The summed E-state index contributed by atoms with van der Waals surface area (Å²) in [5.74, 6) is 0. The van der Waals surface area contributed by atoms with Crippen molar-refractivity contribution in [2.75, 3.05) is 6.61 Å². The third-order valence-corrected chi connectivity index (χ3v) is 1.64. The van der Waals surface area contributed by atoms with Crippen molar-refractivity contribution < 1.29 is 39.9 Å². The molecule has 0 saturated carbocycles. The maximum atomic E-state index is 10.3. The van der Waals surface area contributed by atoms with Crippen LogP contribution in [0.2, 0.25) is 0 Å². The molecule has 0 aromatic heterocycles. The Kier molecular flexibility index (Phi) is 5.79. The molecule has 88 valence electrons. The SMILES string of the molecule is O=C[C@H](OC(=O)O)[C@@H](O)[C@H](O)[C@H](O)CO. The van der Waals surface area contributed by atoms with E-state index in [4.69, 9.17) is 20.4 Å². The molecular formula is C7H12O8. The van der Waals surface area contributed by atoms with E-state index >= 15 is 0 Å². The lowest BCUT2D eigenvalue weighted by Crippen LogP contribution is -2.47. The Labute approximate surface area is 84.3 Å². The zero-order valence-corrected chi connectivity index (χ0v) is 7.55. The van der Waals surface area contributed by atoms with Crippen molar-refractivity contribution in [1.29, 1.82) is 0 Å². The molecule has 0 fully saturated rings. The minimum Gasteiger partial charge on any atom is -0.450 e. The lowest BCUT2D eigenvalue weighted by Gasteiger charge is -2.24. The molecule has 0 radical (unpaired) electrons. The summed E-state index contributed by atoms with van der Waals surface area (Å²) in [5.41, 5.74) is 0. The molecule has 0 bridgehead atoms. The summed E-state index contributed by atoms with van der Waals surface area (Å²) in [4.78, 5) is 20.3. The van der Waals surface area contributed by atoms with E-state index < -0.39 is 37.2 Å². The smallest absolute Gasteiger partial charge is 0.450 e. The molecule has 0 rings (SSSR count). The number of carbonyl (C=O) groups is 2. The van der Waals surface area contributed by atoms with Gasteiger partial charge in [0.2, 0.25) is 0 Å². The first-order chi connectivity index (χ1) is 6.93. The number of hydrogen-bond acceptors (Lipinski definition) is 7. The van der Waals surface area contributed by atoms with Crippen molar-refractivity contribution in [2.24, 2.45) is 0 Å². The van der Waals surface area contributed by atoms with E-state index in [1.165, 1.54) is 0 Å². The number of aldehydes is 1. The van der Waals surface area contributed by atoms with E-state index in [1.54, 1.807) is 0 Å². The summed E-state index contributed by atoms with van der Waals surface area (Å²) in [7, 11) is 0. The summed E-state index contributed by atoms with van der Waals surface area (Å²) in [6.45, 7) is -0.850. The molecule has 0 aromatic carbocycles. The van der Waals surface area contributed by atoms with Gasteiger partial charge in [0.05, 0.1) is 6.61 Å². The highest BCUT2D eigenvalue weighted by molar-refractivity contribution is 5.65. The van der Waals surface area contributed by atoms with Gasteiger partial charge in [-0.15, -0.1) is 0 Å². The first kappa shape index (κ1) is 13.8. The Morgan fingerprint density at radius 1 is 1.27 bits per heavy atom. The maximum Gasteiger partial charge on any atom is 0.506 e. The number of rotatable bonds is 6. The highest BCUT2D eigenvalue weighted by Gasteiger charge is 2.33. The fraction of sp³-hybridized carbons (Fsp3) is 0.714. The quantitative estimate of drug-likeness (QED) is 0.242. The molecule has 0 amide bonds. The third kappa shape index (κ3) is 4.21. The van der Waals surface area contributed by atoms with Crippen molar-refractivity contribution in [3.05, 3.63) is 0 Å². The predicted octanol–water partition coefficient (Wildman–Crippen LogP) is -2.68. The highest BCUT2D eigenvalue weighted by Crippen LogP contribution is 2.06. The van der Waals surface area contributed by atoms with Crippen LogP contribution in [0.3, 0.4) is 0 Å². The van der Waals surface area contributed by atoms with Crippen LogP contribution in [0.15, 0.2) is 0 Å². The van der Waals surface area contributed by atoms with Gasteiger partial charge in [-0.25, -0.2) is 4.79 Å². The molecule has 0 heterocycles. The molecule has 8 heteroatoms. The summed E-state index contributed by atoms with van der Waals surface area (Å²) in [6.07, 6.45) is -9.19. The van der Waals surface area contributed by atoms with Gasteiger partial charge >= 0.3 is 6.16 Å². The Morgan fingerprint density at radius 2 is 1.80 bits per heavy atom. The van der Waals surface area contributed by atoms with Crippen molar-refractivity contribution in [1.82, 2.24) is 0 Å². The first-order valence-electron chi connectivity index (χ1n) is 3.94. The largest absolute Gasteiger partial charge is 0.506 e. The lowest BCUT2D eigenvalue weighted by molar-refractivity contribution is -0.139. The van der Waals surface area contributed by atoms with Crippen molar-refractivity contribution in [2.45, 2.75) is 24.4 Å². The van der Waals surface area contributed by atoms with Crippen LogP contribution in [0.5, 0.6) is 0 Å². The van der Waals surface area contributed by atoms with Crippen molar-refractivity contribution in [3.63, 3.8) is 0 Å². The summed E-state index contributed by atoms with van der Waals surface area (Å²) in [6, 6.07) is 0. The molecule has 0 spiro atoms. The Hall–Kier alpha value is -1.22. The van der Waals surface area contributed by atoms with Gasteiger partial charge in [0.25, 0.3) is 0 Å². The van der Waals surface area contributed by atoms with Gasteiger partial charge in [-0.2, -0.15) is 0 Å². The van der Waals surface area contributed by atoms with Gasteiger partial charge < -0.3 is 30.3 Å². The van der Waals surface area contributed by atoms with Crippen LogP contribution in [0.4, 0.5) is 4.79 Å². The van der Waals surface area contributed by atoms with Crippen LogP contribution in [0, 0.1) is 0 Å². The minimum atomic E-state index is -1.94. The Morgan fingerprint density at radius 3 is 2.13 bits per heavy atom. The van der Waals surface area contributed by atoms with E-state index in [2.05, 4.69) is 4.74 Å². The molecule has 0 unspecified atom stereocenters. The number of aliphatic hydroxyl groups excluding tert-OH is 4. The molecule has 0 saturated heterocycles. The fourth-order valence-corrected chi connectivity index (χ4v) is 0.824. The van der Waals surface area contributed by atoms with E-state index in [-0.39, 0.29) is 6.29 Å². The number of carbonyl (C=O) groups excluding carboxylic acids is 1. The van der Waals surface area contributed by atoms with Crippen LogP contribution in [0.1, 0.15) is 0 Å². The monoisotopic (exact) mass is 224 g/mol. The molecule has 0 aliphatic carbocycles. The van der Waals surface area contributed by atoms with Gasteiger partial charge in [-0.05, 0) is 0 Å². The fourth-order valence-electron chi connectivity index (χ4n) is 0.824. The average molecular weight is 224 g/mol. The molecule has 4 atom stereocenters. The zero-order chi connectivity index (χ0) is 12.0. The van der Waals surface area contributed by atoms with E-state index in [0.29, 0.717) is 0 Å². The first-order valence-corrected chi connectivity index (χ1v) is 3.94. The minimum absolute atomic E-state index is 0.0356. The second-order valence-corrected chi connectivity index (χ2v) is 2.72. The molecule has 0 aromatic rings. The molecule has 15 heavy (non-hydrogen) atoms. The number of carboxylic acid groups (broad SMARTS) is 1. The Balaban J connectivity index is 4.42. The maximum absolute atomic E-state index is 10.3. The van der Waals surface area contributed by atoms with Crippen LogP contribution < -0.4 is 0 Å². The lowest BCUT2D eigenvalue weighted by atomic mass is 10.0.